The molecule has 0 unspecified atom stereocenters. The van der Waals surface area contributed by atoms with Crippen LogP contribution in [0, 0.1) is 0 Å². The van der Waals surface area contributed by atoms with Gasteiger partial charge in [-0.25, -0.2) is 15.0 Å². The number of hydrogen-bond acceptors (Lipinski definition) is 5. The molecule has 5 nitrogen and oxygen atoms in total. The summed E-state index contributed by atoms with van der Waals surface area (Å²) in [5.74, 6) is 1.82. The van der Waals surface area contributed by atoms with Gasteiger partial charge < -0.3 is 8.83 Å². The number of rotatable bonds is 5. The molecule has 5 heteroatoms. The Balaban J connectivity index is 0.831. The Morgan fingerprint density at radius 3 is 1.36 bits per heavy atom. The summed E-state index contributed by atoms with van der Waals surface area (Å²) in [6.07, 6.45) is 0. The quantitative estimate of drug-likeness (QED) is 0.172. The van der Waals surface area contributed by atoms with E-state index in [1.54, 1.807) is 0 Å². The first-order valence-electron chi connectivity index (χ1n) is 23.4. The highest BCUT2D eigenvalue weighted by atomic mass is 16.3. The maximum atomic E-state index is 6.66. The van der Waals surface area contributed by atoms with Gasteiger partial charge >= 0.3 is 0 Å². The van der Waals surface area contributed by atoms with E-state index in [1.165, 1.54) is 44.5 Å². The third-order valence-electron chi connectivity index (χ3n) is 14.6. The highest BCUT2D eigenvalue weighted by Crippen LogP contribution is 2.63. The summed E-state index contributed by atoms with van der Waals surface area (Å²) in [6.45, 7) is 0. The molecule has 0 fully saturated rings. The van der Waals surface area contributed by atoms with Crippen molar-refractivity contribution < 1.29 is 8.83 Å². The van der Waals surface area contributed by atoms with Crippen LogP contribution in [0.2, 0.25) is 0 Å². The van der Waals surface area contributed by atoms with Crippen molar-refractivity contribution in [1.82, 2.24) is 15.0 Å². The molecule has 0 atom stereocenters. The molecule has 0 bridgehead atoms. The first kappa shape index (κ1) is 38.0. The molecule has 2 aliphatic rings. The molecular formula is C64H37N3O2. The first-order valence-corrected chi connectivity index (χ1v) is 23.4. The van der Waals surface area contributed by atoms with Gasteiger partial charge in [0.15, 0.2) is 17.5 Å². The molecule has 13 aromatic rings. The van der Waals surface area contributed by atoms with Crippen molar-refractivity contribution in [2.75, 3.05) is 0 Å². The molecule has 0 aliphatic heterocycles. The zero-order chi connectivity index (χ0) is 45.2. The smallest absolute Gasteiger partial charge is 0.164 e. The normalized spacial score (nSPS) is 13.0. The van der Waals surface area contributed by atoms with Gasteiger partial charge in [0.25, 0.3) is 0 Å². The van der Waals surface area contributed by atoms with Gasteiger partial charge in [0.1, 0.15) is 22.3 Å². The van der Waals surface area contributed by atoms with Crippen molar-refractivity contribution >= 4 is 43.9 Å². The fraction of sp³-hybridized carbons (Fsp3) is 0.0156. The molecule has 0 radical (unpaired) electrons. The molecule has 10 aromatic carbocycles. The van der Waals surface area contributed by atoms with Crippen LogP contribution in [0.3, 0.4) is 0 Å². The standard InChI is InChI=1S/C64H37N3O2/c1-3-14-38(15-4-1)61-65-62(39-16-5-2-6-17-39)67-63(66-61)49-21-13-25-58-60(49)51-35-41(29-33-57(51)68-58)40-28-32-56-50(34-40)48-31-27-43(37-59(48)69-56)42-26-30-47-46-20-9-12-24-54(46)64(55(47)36-42)52-22-10-7-18-44(52)45-19-8-11-23-53(45)64/h1-37H. The fourth-order valence-electron chi connectivity index (χ4n) is 11.5. The lowest BCUT2D eigenvalue weighted by molar-refractivity contribution is 0.668. The monoisotopic (exact) mass is 879 g/mol. The molecular weight excluding hydrogens is 843 g/mol. The van der Waals surface area contributed by atoms with Crippen molar-refractivity contribution in [2.45, 2.75) is 5.41 Å². The topological polar surface area (TPSA) is 65.0 Å². The molecule has 69 heavy (non-hydrogen) atoms. The average molecular weight is 880 g/mol. The van der Waals surface area contributed by atoms with Crippen molar-refractivity contribution in [2.24, 2.45) is 0 Å². The lowest BCUT2D eigenvalue weighted by Crippen LogP contribution is -2.25. The Bertz CT molecular complexity index is 4140. The Labute approximate surface area is 396 Å². The van der Waals surface area contributed by atoms with E-state index in [0.29, 0.717) is 17.5 Å². The zero-order valence-electron chi connectivity index (χ0n) is 37.0. The van der Waals surface area contributed by atoms with Gasteiger partial charge in [-0.15, -0.1) is 0 Å². The van der Waals surface area contributed by atoms with E-state index < -0.39 is 5.41 Å². The van der Waals surface area contributed by atoms with E-state index in [-0.39, 0.29) is 0 Å². The van der Waals surface area contributed by atoms with Crippen LogP contribution in [-0.2, 0) is 5.41 Å². The number of aromatic nitrogens is 3. The summed E-state index contributed by atoms with van der Waals surface area (Å²) in [4.78, 5) is 15.1. The molecule has 0 amide bonds. The van der Waals surface area contributed by atoms with Gasteiger partial charge in [0.2, 0.25) is 0 Å². The number of hydrogen-bond donors (Lipinski definition) is 0. The molecule has 2 aliphatic carbocycles. The molecule has 0 saturated carbocycles. The third kappa shape index (κ3) is 5.50. The van der Waals surface area contributed by atoms with E-state index in [9.17, 15) is 0 Å². The van der Waals surface area contributed by atoms with Crippen LogP contribution in [0.4, 0.5) is 0 Å². The van der Waals surface area contributed by atoms with Crippen molar-refractivity contribution in [3.05, 3.63) is 247 Å². The first-order chi connectivity index (χ1) is 34.2. The summed E-state index contributed by atoms with van der Waals surface area (Å²) in [6, 6.07) is 79.8. The summed E-state index contributed by atoms with van der Waals surface area (Å²) in [7, 11) is 0. The lowest BCUT2D eigenvalue weighted by atomic mass is 9.70. The molecule has 0 saturated heterocycles. The molecule has 0 N–H and O–H groups in total. The van der Waals surface area contributed by atoms with Gasteiger partial charge in [-0.2, -0.15) is 0 Å². The predicted molar refractivity (Wildman–Crippen MR) is 278 cm³/mol. The number of nitrogens with zero attached hydrogens (tertiary/aromatic N) is 3. The summed E-state index contributed by atoms with van der Waals surface area (Å²) in [5, 5.41) is 4.10. The second-order valence-electron chi connectivity index (χ2n) is 18.2. The van der Waals surface area contributed by atoms with Crippen molar-refractivity contribution in [1.29, 1.82) is 0 Å². The van der Waals surface area contributed by atoms with Crippen molar-refractivity contribution in [3.8, 4) is 78.7 Å². The summed E-state index contributed by atoms with van der Waals surface area (Å²) < 4.78 is 13.2. The van der Waals surface area contributed by atoms with E-state index in [2.05, 4.69) is 152 Å². The molecule has 3 heterocycles. The van der Waals surface area contributed by atoms with Crippen LogP contribution in [-0.4, -0.2) is 15.0 Å². The highest BCUT2D eigenvalue weighted by Gasteiger charge is 2.51. The number of furan rings is 2. The third-order valence-corrected chi connectivity index (χ3v) is 14.6. The van der Waals surface area contributed by atoms with E-state index in [4.69, 9.17) is 23.8 Å². The van der Waals surface area contributed by atoms with Crippen LogP contribution in [0.1, 0.15) is 22.3 Å². The fourth-order valence-corrected chi connectivity index (χ4v) is 11.5. The van der Waals surface area contributed by atoms with Crippen LogP contribution in [0.15, 0.2) is 233 Å². The van der Waals surface area contributed by atoms with Crippen LogP contribution in [0.5, 0.6) is 0 Å². The molecule has 320 valence electrons. The largest absolute Gasteiger partial charge is 0.456 e. The maximum Gasteiger partial charge on any atom is 0.164 e. The molecule has 15 rings (SSSR count). The number of benzene rings is 10. The SMILES string of the molecule is c1ccc(-c2nc(-c3ccccc3)nc(-c3cccc4oc5ccc(-c6ccc7oc8cc(-c9ccc%10c(c9)C9(c%11ccccc%11-c%11ccccc%119)c9ccccc9-%10)ccc8c7c6)cc5c34)n2)cc1. The zero-order valence-corrected chi connectivity index (χ0v) is 37.0. The lowest BCUT2D eigenvalue weighted by Gasteiger charge is -2.30. The Morgan fingerprint density at radius 1 is 0.261 bits per heavy atom. The summed E-state index contributed by atoms with van der Waals surface area (Å²) in [5.41, 5.74) is 20.6. The van der Waals surface area contributed by atoms with Crippen LogP contribution >= 0.6 is 0 Å². The van der Waals surface area contributed by atoms with Gasteiger partial charge in [-0.05, 0) is 115 Å². The van der Waals surface area contributed by atoms with Gasteiger partial charge in [-0.1, -0.05) is 176 Å². The minimum atomic E-state index is -0.396. The van der Waals surface area contributed by atoms with Gasteiger partial charge in [-0.3, -0.25) is 0 Å². The van der Waals surface area contributed by atoms with Gasteiger partial charge in [0, 0.05) is 38.2 Å². The van der Waals surface area contributed by atoms with Gasteiger partial charge in [0.05, 0.1) is 5.41 Å². The molecule has 3 aromatic heterocycles. The van der Waals surface area contributed by atoms with E-state index >= 15 is 0 Å². The minimum absolute atomic E-state index is 0.396. The van der Waals surface area contributed by atoms with Crippen LogP contribution in [0.25, 0.3) is 123 Å². The predicted octanol–water partition coefficient (Wildman–Crippen LogP) is 16.3. The van der Waals surface area contributed by atoms with E-state index in [0.717, 1.165) is 82.8 Å². The second-order valence-corrected chi connectivity index (χ2v) is 18.2. The Kier molecular flexibility index (Phi) is 7.93. The second kappa shape index (κ2) is 14.4. The molecule has 1 spiro atoms. The highest BCUT2D eigenvalue weighted by molar-refractivity contribution is 6.13. The Morgan fingerprint density at radius 2 is 0.725 bits per heavy atom. The van der Waals surface area contributed by atoms with Crippen LogP contribution < -0.4 is 0 Å². The maximum absolute atomic E-state index is 6.66. The number of fused-ring (bicyclic) bond motifs is 16. The van der Waals surface area contributed by atoms with E-state index in [1.807, 2.05) is 72.8 Å². The van der Waals surface area contributed by atoms with Crippen molar-refractivity contribution in [3.63, 3.8) is 0 Å². The minimum Gasteiger partial charge on any atom is -0.456 e. The Hall–Kier alpha value is -9.19. The summed E-state index contributed by atoms with van der Waals surface area (Å²) >= 11 is 0. The average Bonchev–Trinajstić information content (AvgIpc) is 4.15.